The molecule has 0 saturated carbocycles. The molecule has 1 rings (SSSR count). The minimum absolute atomic E-state index is 0.285. The first-order valence-corrected chi connectivity index (χ1v) is 5.38. The molecule has 0 radical (unpaired) electrons. The number of halogens is 1. The summed E-state index contributed by atoms with van der Waals surface area (Å²) >= 11 is 0. The quantitative estimate of drug-likeness (QED) is 0.750. The molecule has 0 amide bonds. The van der Waals surface area contributed by atoms with Crippen LogP contribution < -0.4 is 15.0 Å². The predicted octanol–water partition coefficient (Wildman–Crippen LogP) is 1.88. The van der Waals surface area contributed by atoms with Crippen molar-refractivity contribution in [3.63, 3.8) is 0 Å². The summed E-state index contributed by atoms with van der Waals surface area (Å²) in [5.41, 5.74) is 0.870. The van der Waals surface area contributed by atoms with Crippen molar-refractivity contribution in [1.29, 1.82) is 0 Å². The smallest absolute Gasteiger partial charge is 0.167 e. The molecule has 90 valence electrons. The van der Waals surface area contributed by atoms with Crippen LogP contribution in [0, 0.1) is 5.82 Å². The number of hydrogen-bond donors (Lipinski definition) is 1. The summed E-state index contributed by atoms with van der Waals surface area (Å²) < 4.78 is 18.3. The summed E-state index contributed by atoms with van der Waals surface area (Å²) in [6.07, 6.45) is 1.03. The van der Waals surface area contributed by atoms with Gasteiger partial charge in [0.25, 0.3) is 0 Å². The van der Waals surface area contributed by atoms with Gasteiger partial charge in [0.1, 0.15) is 0 Å². The van der Waals surface area contributed by atoms with Crippen LogP contribution in [0.2, 0.25) is 0 Å². The number of rotatable bonds is 6. The Bertz CT molecular complexity index is 331. The number of benzene rings is 1. The average molecular weight is 226 g/mol. The monoisotopic (exact) mass is 226 g/mol. The van der Waals surface area contributed by atoms with Gasteiger partial charge in [0, 0.05) is 25.3 Å². The molecule has 0 aliphatic heterocycles. The van der Waals surface area contributed by atoms with E-state index >= 15 is 0 Å². The molecule has 0 fully saturated rings. The van der Waals surface area contributed by atoms with Gasteiger partial charge in [0.05, 0.1) is 7.11 Å². The highest BCUT2D eigenvalue weighted by molar-refractivity contribution is 5.49. The first-order chi connectivity index (χ1) is 7.69. The van der Waals surface area contributed by atoms with Crippen LogP contribution in [0.15, 0.2) is 18.2 Å². The Balaban J connectivity index is 2.62. The minimum Gasteiger partial charge on any atom is -0.494 e. The van der Waals surface area contributed by atoms with Gasteiger partial charge in [0.2, 0.25) is 0 Å². The molecule has 1 aromatic rings. The number of hydrogen-bond acceptors (Lipinski definition) is 3. The first kappa shape index (κ1) is 12.8. The number of anilines is 1. The van der Waals surface area contributed by atoms with Crippen LogP contribution in [-0.4, -0.2) is 34.3 Å². The van der Waals surface area contributed by atoms with Crippen molar-refractivity contribution in [2.24, 2.45) is 0 Å². The molecule has 3 nitrogen and oxygen atoms in total. The Morgan fingerprint density at radius 1 is 1.44 bits per heavy atom. The van der Waals surface area contributed by atoms with Crippen molar-refractivity contribution in [3.05, 3.63) is 24.0 Å². The Labute approximate surface area is 96.2 Å². The van der Waals surface area contributed by atoms with Gasteiger partial charge in [-0.25, -0.2) is 4.39 Å². The summed E-state index contributed by atoms with van der Waals surface area (Å²) in [6, 6.07) is 5.01. The molecular weight excluding hydrogens is 207 g/mol. The molecule has 0 atom stereocenters. The van der Waals surface area contributed by atoms with Crippen LogP contribution in [-0.2, 0) is 0 Å². The molecule has 0 saturated heterocycles. The summed E-state index contributed by atoms with van der Waals surface area (Å²) in [7, 11) is 5.35. The molecule has 0 aromatic heterocycles. The summed E-state index contributed by atoms with van der Waals surface area (Å²) in [5.74, 6) is -0.0344. The molecule has 0 unspecified atom stereocenters. The van der Waals surface area contributed by atoms with Crippen LogP contribution in [0.1, 0.15) is 6.42 Å². The number of methoxy groups -OCH3 is 1. The van der Waals surface area contributed by atoms with Gasteiger partial charge in [0.15, 0.2) is 11.6 Å². The van der Waals surface area contributed by atoms with E-state index in [0.717, 1.165) is 25.2 Å². The van der Waals surface area contributed by atoms with Crippen LogP contribution >= 0.6 is 0 Å². The number of ether oxygens (including phenoxy) is 1. The van der Waals surface area contributed by atoms with E-state index in [1.807, 2.05) is 25.1 Å². The number of nitrogens with zero attached hydrogens (tertiary/aromatic N) is 1. The van der Waals surface area contributed by atoms with Crippen LogP contribution in [0.25, 0.3) is 0 Å². The van der Waals surface area contributed by atoms with Crippen molar-refractivity contribution >= 4 is 5.69 Å². The van der Waals surface area contributed by atoms with E-state index in [-0.39, 0.29) is 11.6 Å². The maximum Gasteiger partial charge on any atom is 0.167 e. The van der Waals surface area contributed by atoms with E-state index in [1.165, 1.54) is 13.2 Å². The fourth-order valence-corrected chi connectivity index (χ4v) is 1.51. The van der Waals surface area contributed by atoms with Gasteiger partial charge in [-0.3, -0.25) is 0 Å². The predicted molar refractivity (Wildman–Crippen MR) is 64.8 cm³/mol. The molecular formula is C12H19FN2O. The first-order valence-electron chi connectivity index (χ1n) is 5.38. The molecule has 0 spiro atoms. The SMILES string of the molecule is CNCCCN(C)c1ccc(OC)c(F)c1. The van der Waals surface area contributed by atoms with Crippen LogP contribution in [0.3, 0.4) is 0 Å². The van der Waals surface area contributed by atoms with Crippen LogP contribution in [0.4, 0.5) is 10.1 Å². The molecule has 1 N–H and O–H groups in total. The highest BCUT2D eigenvalue weighted by Crippen LogP contribution is 2.22. The van der Waals surface area contributed by atoms with Gasteiger partial charge in [-0.15, -0.1) is 0 Å². The average Bonchev–Trinajstić information content (AvgIpc) is 2.29. The maximum absolute atomic E-state index is 13.4. The second kappa shape index (κ2) is 6.33. The van der Waals surface area contributed by atoms with E-state index in [1.54, 1.807) is 6.07 Å². The molecule has 1 aromatic carbocycles. The molecule has 0 heterocycles. The van der Waals surface area contributed by atoms with E-state index in [4.69, 9.17) is 4.74 Å². The lowest BCUT2D eigenvalue weighted by Crippen LogP contribution is -2.22. The fraction of sp³-hybridized carbons (Fsp3) is 0.500. The molecule has 0 aliphatic rings. The largest absolute Gasteiger partial charge is 0.494 e. The molecule has 0 bridgehead atoms. The van der Waals surface area contributed by atoms with Gasteiger partial charge < -0.3 is 15.0 Å². The van der Waals surface area contributed by atoms with E-state index in [0.29, 0.717) is 0 Å². The topological polar surface area (TPSA) is 24.5 Å². The molecule has 0 aliphatic carbocycles. The van der Waals surface area contributed by atoms with Crippen molar-refractivity contribution in [3.8, 4) is 5.75 Å². The maximum atomic E-state index is 13.4. The zero-order valence-corrected chi connectivity index (χ0v) is 10.1. The van der Waals surface area contributed by atoms with Crippen molar-refractivity contribution < 1.29 is 9.13 Å². The van der Waals surface area contributed by atoms with Gasteiger partial charge in [-0.2, -0.15) is 0 Å². The van der Waals surface area contributed by atoms with E-state index in [2.05, 4.69) is 5.32 Å². The van der Waals surface area contributed by atoms with Crippen LogP contribution in [0.5, 0.6) is 5.75 Å². The molecule has 16 heavy (non-hydrogen) atoms. The Hall–Kier alpha value is -1.29. The van der Waals surface area contributed by atoms with Gasteiger partial charge >= 0.3 is 0 Å². The Kier molecular flexibility index (Phi) is 5.05. The van der Waals surface area contributed by atoms with Gasteiger partial charge in [-0.1, -0.05) is 0 Å². The summed E-state index contributed by atoms with van der Waals surface area (Å²) in [4.78, 5) is 2.03. The number of nitrogens with one attached hydrogen (secondary N) is 1. The zero-order chi connectivity index (χ0) is 12.0. The second-order valence-electron chi connectivity index (χ2n) is 3.70. The third-order valence-corrected chi connectivity index (χ3v) is 2.50. The van der Waals surface area contributed by atoms with E-state index in [9.17, 15) is 4.39 Å². The summed E-state index contributed by atoms with van der Waals surface area (Å²) in [5, 5.41) is 3.08. The van der Waals surface area contributed by atoms with E-state index < -0.39 is 0 Å². The third kappa shape index (κ3) is 3.38. The Morgan fingerprint density at radius 2 is 2.19 bits per heavy atom. The molecule has 4 heteroatoms. The highest BCUT2D eigenvalue weighted by Gasteiger charge is 2.06. The minimum atomic E-state index is -0.319. The lowest BCUT2D eigenvalue weighted by molar-refractivity contribution is 0.386. The standard InChI is InChI=1S/C12H19FN2O/c1-14-7-4-8-15(2)10-5-6-12(16-3)11(13)9-10/h5-6,9,14H,4,7-8H2,1-3H3. The highest BCUT2D eigenvalue weighted by atomic mass is 19.1. The normalized spacial score (nSPS) is 10.2. The Morgan fingerprint density at radius 3 is 2.75 bits per heavy atom. The fourth-order valence-electron chi connectivity index (χ4n) is 1.51. The van der Waals surface area contributed by atoms with Crippen molar-refractivity contribution in [2.75, 3.05) is 39.2 Å². The second-order valence-corrected chi connectivity index (χ2v) is 3.70. The lowest BCUT2D eigenvalue weighted by Gasteiger charge is -2.19. The lowest BCUT2D eigenvalue weighted by atomic mass is 10.2. The van der Waals surface area contributed by atoms with Crippen molar-refractivity contribution in [1.82, 2.24) is 5.32 Å². The van der Waals surface area contributed by atoms with Crippen molar-refractivity contribution in [2.45, 2.75) is 6.42 Å². The summed E-state index contributed by atoms with van der Waals surface area (Å²) in [6.45, 7) is 1.86. The zero-order valence-electron chi connectivity index (χ0n) is 10.1. The third-order valence-electron chi connectivity index (χ3n) is 2.50. The van der Waals surface area contributed by atoms with Gasteiger partial charge in [-0.05, 0) is 32.1 Å².